The molecule has 1 amide bonds. The van der Waals surface area contributed by atoms with Crippen molar-refractivity contribution in [3.8, 4) is 5.75 Å². The van der Waals surface area contributed by atoms with Gasteiger partial charge in [-0.1, -0.05) is 0 Å². The van der Waals surface area contributed by atoms with Gasteiger partial charge in [0.05, 0.1) is 4.90 Å². The van der Waals surface area contributed by atoms with Crippen molar-refractivity contribution >= 4 is 25.6 Å². The second-order valence-corrected chi connectivity index (χ2v) is 7.75. The fourth-order valence-electron chi connectivity index (χ4n) is 2.33. The predicted octanol–water partition coefficient (Wildman–Crippen LogP) is 2.28. The molecule has 116 valence electrons. The van der Waals surface area contributed by atoms with E-state index in [9.17, 15) is 13.2 Å². The van der Waals surface area contributed by atoms with Gasteiger partial charge >= 0.3 is 0 Å². The van der Waals surface area contributed by atoms with Crippen LogP contribution in [0.3, 0.4) is 0 Å². The van der Waals surface area contributed by atoms with Crippen LogP contribution in [0.4, 0.5) is 0 Å². The Hall–Kier alpha value is -1.27. The van der Waals surface area contributed by atoms with Crippen LogP contribution in [0.5, 0.6) is 5.75 Å². The van der Waals surface area contributed by atoms with Crippen LogP contribution in [0.1, 0.15) is 30.4 Å². The summed E-state index contributed by atoms with van der Waals surface area (Å²) in [6.07, 6.45) is 1.96. The fourth-order valence-corrected chi connectivity index (χ4v) is 3.59. The van der Waals surface area contributed by atoms with E-state index in [4.69, 9.17) is 15.4 Å². The van der Waals surface area contributed by atoms with Gasteiger partial charge < -0.3 is 10.1 Å². The highest BCUT2D eigenvalue weighted by Crippen LogP contribution is 2.29. The van der Waals surface area contributed by atoms with E-state index < -0.39 is 15.2 Å². The average Bonchev–Trinajstić information content (AvgIpc) is 2.57. The molecule has 1 unspecified atom stereocenters. The number of rotatable bonds is 3. The normalized spacial score (nSPS) is 19.8. The van der Waals surface area contributed by atoms with Gasteiger partial charge in [0, 0.05) is 17.2 Å². The Morgan fingerprint density at radius 1 is 1.24 bits per heavy atom. The van der Waals surface area contributed by atoms with E-state index in [-0.39, 0.29) is 10.8 Å². The Kier molecular flexibility index (Phi) is 4.78. The monoisotopic (exact) mass is 331 g/mol. The van der Waals surface area contributed by atoms with E-state index in [1.165, 1.54) is 6.07 Å². The molecule has 1 aromatic rings. The topological polar surface area (TPSA) is 72.5 Å². The first kappa shape index (κ1) is 16.1. The van der Waals surface area contributed by atoms with E-state index in [0.29, 0.717) is 29.8 Å². The van der Waals surface area contributed by atoms with Crippen molar-refractivity contribution < 1.29 is 17.9 Å². The molecule has 1 saturated heterocycles. The number of aryl methyl sites for hydroxylation is 2. The second kappa shape index (κ2) is 6.23. The van der Waals surface area contributed by atoms with Crippen LogP contribution in [-0.2, 0) is 13.8 Å². The van der Waals surface area contributed by atoms with Crippen LogP contribution in [-0.4, -0.2) is 27.0 Å². The number of halogens is 1. The van der Waals surface area contributed by atoms with E-state index in [1.54, 1.807) is 19.9 Å². The lowest BCUT2D eigenvalue weighted by molar-refractivity contribution is -0.127. The zero-order valence-electron chi connectivity index (χ0n) is 12.0. The summed E-state index contributed by atoms with van der Waals surface area (Å²) in [6, 6.07) is 3.09. The van der Waals surface area contributed by atoms with Gasteiger partial charge in [-0.2, -0.15) is 0 Å². The van der Waals surface area contributed by atoms with Crippen molar-refractivity contribution in [3.63, 3.8) is 0 Å². The van der Waals surface area contributed by atoms with Crippen molar-refractivity contribution in [2.24, 2.45) is 0 Å². The molecule has 1 fully saturated rings. The van der Waals surface area contributed by atoms with Crippen LogP contribution in [0.15, 0.2) is 17.0 Å². The summed E-state index contributed by atoms with van der Waals surface area (Å²) in [6.45, 7) is 4.05. The van der Waals surface area contributed by atoms with Gasteiger partial charge in [-0.3, -0.25) is 4.79 Å². The van der Waals surface area contributed by atoms with Gasteiger partial charge in [-0.25, -0.2) is 8.42 Å². The minimum absolute atomic E-state index is 0.0688. The number of hydrogen-bond acceptors (Lipinski definition) is 4. The second-order valence-electron chi connectivity index (χ2n) is 5.21. The van der Waals surface area contributed by atoms with E-state index in [2.05, 4.69) is 5.32 Å². The molecule has 0 saturated carbocycles. The van der Waals surface area contributed by atoms with Crippen LogP contribution in [0, 0.1) is 13.8 Å². The SMILES string of the molecule is Cc1cc(S(=O)(=O)Cl)c(C)cc1OC1CCCCNC1=O. The summed E-state index contributed by atoms with van der Waals surface area (Å²) in [5.41, 5.74) is 1.14. The van der Waals surface area contributed by atoms with E-state index in [1.807, 2.05) is 0 Å². The van der Waals surface area contributed by atoms with Crippen molar-refractivity contribution in [1.29, 1.82) is 0 Å². The Labute approximate surface area is 129 Å². The third kappa shape index (κ3) is 3.89. The summed E-state index contributed by atoms with van der Waals surface area (Å²) < 4.78 is 28.7. The maximum absolute atomic E-state index is 11.9. The molecule has 1 N–H and O–H groups in total. The third-order valence-electron chi connectivity index (χ3n) is 3.49. The molecule has 0 radical (unpaired) electrons. The molecule has 7 heteroatoms. The Balaban J connectivity index is 2.29. The fraction of sp³-hybridized carbons (Fsp3) is 0.500. The van der Waals surface area contributed by atoms with E-state index >= 15 is 0 Å². The first-order chi connectivity index (χ1) is 9.79. The molecule has 0 aromatic heterocycles. The molecule has 1 heterocycles. The van der Waals surface area contributed by atoms with Crippen molar-refractivity contribution in [1.82, 2.24) is 5.32 Å². The molecule has 0 aliphatic carbocycles. The summed E-state index contributed by atoms with van der Waals surface area (Å²) in [4.78, 5) is 12.0. The first-order valence-corrected chi connectivity index (χ1v) is 9.10. The molecule has 21 heavy (non-hydrogen) atoms. The lowest BCUT2D eigenvalue weighted by atomic mass is 10.1. The highest BCUT2D eigenvalue weighted by Gasteiger charge is 2.24. The van der Waals surface area contributed by atoms with Crippen LogP contribution >= 0.6 is 10.7 Å². The molecule has 0 bridgehead atoms. The zero-order valence-corrected chi connectivity index (χ0v) is 13.6. The van der Waals surface area contributed by atoms with Crippen molar-refractivity contribution in [2.45, 2.75) is 44.1 Å². The van der Waals surface area contributed by atoms with Crippen molar-refractivity contribution in [2.75, 3.05) is 6.54 Å². The predicted molar refractivity (Wildman–Crippen MR) is 80.2 cm³/mol. The lowest BCUT2D eigenvalue weighted by Gasteiger charge is -2.18. The van der Waals surface area contributed by atoms with Crippen LogP contribution in [0.25, 0.3) is 0 Å². The molecular formula is C14H18ClNO4S. The molecule has 1 atom stereocenters. The lowest BCUT2D eigenvalue weighted by Crippen LogP contribution is -2.36. The van der Waals surface area contributed by atoms with Gasteiger partial charge in [0.2, 0.25) is 0 Å². The molecule has 1 aliphatic rings. The smallest absolute Gasteiger partial charge is 0.261 e. The number of hydrogen-bond donors (Lipinski definition) is 1. The number of carbonyl (C=O) groups excluding carboxylic acids is 1. The highest BCUT2D eigenvalue weighted by atomic mass is 35.7. The van der Waals surface area contributed by atoms with Gasteiger partial charge in [0.25, 0.3) is 15.0 Å². The number of amides is 1. The number of carbonyl (C=O) groups is 1. The Bertz CT molecular complexity index is 657. The van der Waals surface area contributed by atoms with Crippen LogP contribution in [0.2, 0.25) is 0 Å². The highest BCUT2D eigenvalue weighted by molar-refractivity contribution is 8.13. The summed E-state index contributed by atoms with van der Waals surface area (Å²) in [7, 11) is 1.61. The van der Waals surface area contributed by atoms with Gasteiger partial charge in [0.1, 0.15) is 5.75 Å². The molecule has 5 nitrogen and oxygen atoms in total. The zero-order chi connectivity index (χ0) is 15.6. The van der Waals surface area contributed by atoms with Gasteiger partial charge in [-0.05, 0) is 56.4 Å². The maximum atomic E-state index is 11.9. The molecule has 1 aliphatic heterocycles. The minimum Gasteiger partial charge on any atom is -0.480 e. The minimum atomic E-state index is -3.79. The Morgan fingerprint density at radius 3 is 2.62 bits per heavy atom. The maximum Gasteiger partial charge on any atom is 0.261 e. The largest absolute Gasteiger partial charge is 0.480 e. The quantitative estimate of drug-likeness (QED) is 0.862. The average molecular weight is 332 g/mol. The molecule has 2 rings (SSSR count). The molecule has 0 spiro atoms. The Morgan fingerprint density at radius 2 is 1.95 bits per heavy atom. The van der Waals surface area contributed by atoms with Crippen molar-refractivity contribution in [3.05, 3.63) is 23.3 Å². The number of benzene rings is 1. The summed E-state index contributed by atoms with van der Waals surface area (Å²) in [5, 5.41) is 2.80. The molecule has 1 aromatic carbocycles. The number of ether oxygens (including phenoxy) is 1. The van der Waals surface area contributed by atoms with Gasteiger partial charge in [-0.15, -0.1) is 0 Å². The molecular weight excluding hydrogens is 314 g/mol. The third-order valence-corrected chi connectivity index (χ3v) is 4.95. The summed E-state index contributed by atoms with van der Waals surface area (Å²) in [5.74, 6) is 0.386. The first-order valence-electron chi connectivity index (χ1n) is 6.79. The van der Waals surface area contributed by atoms with E-state index in [0.717, 1.165) is 12.8 Å². The standard InChI is InChI=1S/C14H18ClNO4S/c1-9-8-13(21(15,18)19)10(2)7-12(9)20-11-5-3-4-6-16-14(11)17/h7-8,11H,3-6H2,1-2H3,(H,16,17). The van der Waals surface area contributed by atoms with Crippen LogP contribution < -0.4 is 10.1 Å². The summed E-state index contributed by atoms with van der Waals surface area (Å²) >= 11 is 0. The number of nitrogens with one attached hydrogen (secondary N) is 1. The van der Waals surface area contributed by atoms with Gasteiger partial charge in [0.15, 0.2) is 6.10 Å².